The van der Waals surface area contributed by atoms with Crippen LogP contribution < -0.4 is 62.2 Å². The van der Waals surface area contributed by atoms with Gasteiger partial charge in [-0.15, -0.1) is 47.0 Å². The number of amides is 3. The van der Waals surface area contributed by atoms with Crippen LogP contribution in [0.15, 0.2) is 136 Å². The number of hydroxylamine groups is 2. The maximum atomic E-state index is 12.0. The van der Waals surface area contributed by atoms with Crippen LogP contribution in [0.2, 0.25) is 0 Å². The Labute approximate surface area is 502 Å². The molecule has 0 aliphatic carbocycles. The molecule has 3 aliphatic rings. The Morgan fingerprint density at radius 3 is 1.67 bits per heavy atom. The van der Waals surface area contributed by atoms with E-state index in [0.29, 0.717) is 30.2 Å². The number of imide groups is 1. The zero-order valence-corrected chi connectivity index (χ0v) is 49.8. The number of fused-ring (bicyclic) bond motifs is 4. The molecule has 410 valence electrons. The SMILES string of the molecule is CCCCSC(SCCCCCC(=O)NN)=C1c2ccccc2N(Cc2ccccc2)c2ccccc21.CSC(SCCCSOO[O-])=C1c2ccccc2N(CCCOC(=O)ON2C(=O)CCC2=O)c2ccccc21.[Br-].[Li+]. The van der Waals surface area contributed by atoms with Gasteiger partial charge in [0.2, 0.25) is 5.91 Å². The average molecular weight is 1210 g/mol. The van der Waals surface area contributed by atoms with Crippen molar-refractivity contribution in [2.24, 2.45) is 5.84 Å². The van der Waals surface area contributed by atoms with E-state index in [0.717, 1.165) is 84.0 Å². The van der Waals surface area contributed by atoms with Gasteiger partial charge < -0.3 is 36.8 Å². The van der Waals surface area contributed by atoms with E-state index in [9.17, 15) is 24.4 Å². The van der Waals surface area contributed by atoms with Gasteiger partial charge in [0, 0.05) is 115 Å². The summed E-state index contributed by atoms with van der Waals surface area (Å²) in [6, 6.07) is 44.8. The first-order chi connectivity index (χ1) is 37.3. The summed E-state index contributed by atoms with van der Waals surface area (Å²) in [7, 11) is 0. The second-order valence-corrected chi connectivity index (χ2v) is 23.0. The van der Waals surface area contributed by atoms with Gasteiger partial charge in [-0.1, -0.05) is 128 Å². The van der Waals surface area contributed by atoms with E-state index in [1.54, 1.807) is 23.5 Å². The topological polar surface area (TPSA) is 176 Å². The van der Waals surface area contributed by atoms with E-state index in [1.165, 1.54) is 60.5 Å². The Morgan fingerprint density at radius 1 is 0.628 bits per heavy atom. The molecule has 5 aromatic carbocycles. The van der Waals surface area contributed by atoms with Gasteiger partial charge in [0.15, 0.2) is 0 Å². The van der Waals surface area contributed by atoms with E-state index in [-0.39, 0.29) is 61.2 Å². The zero-order valence-electron chi connectivity index (χ0n) is 44.2. The molecule has 1 fully saturated rings. The molecule has 0 atom stereocenters. The minimum atomic E-state index is -1.07. The molecule has 14 nitrogen and oxygen atoms in total. The molecule has 3 amide bonds. The number of carbonyl (C=O) groups excluding carboxylic acids is 4. The Bertz CT molecular complexity index is 2700. The van der Waals surface area contributed by atoms with Gasteiger partial charge in [0.05, 0.1) is 6.61 Å². The molecule has 3 N–H and O–H groups in total. The molecule has 3 heterocycles. The van der Waals surface area contributed by atoms with Crippen LogP contribution >= 0.6 is 59.1 Å². The van der Waals surface area contributed by atoms with Crippen LogP contribution in [-0.4, -0.2) is 71.4 Å². The number of carbonyl (C=O) groups is 4. The first kappa shape index (κ1) is 64.5. The molecule has 8 rings (SSSR count). The number of anilines is 4. The number of thioether (sulfide) groups is 4. The van der Waals surface area contributed by atoms with Crippen molar-refractivity contribution in [2.75, 3.05) is 52.2 Å². The number of nitrogens with one attached hydrogen (secondary N) is 1. The summed E-state index contributed by atoms with van der Waals surface area (Å²) in [6.45, 7) is 3.72. The van der Waals surface area contributed by atoms with Crippen LogP contribution in [0.3, 0.4) is 0 Å². The molecule has 78 heavy (non-hydrogen) atoms. The van der Waals surface area contributed by atoms with Crippen molar-refractivity contribution in [1.29, 1.82) is 0 Å². The second kappa shape index (κ2) is 34.8. The number of para-hydroxylation sites is 4. The minimum Gasteiger partial charge on any atom is -1.00 e. The average Bonchev–Trinajstić information content (AvgIpc) is 3.79. The maximum Gasteiger partial charge on any atom is 1.00 e. The van der Waals surface area contributed by atoms with Gasteiger partial charge in [0.25, 0.3) is 11.8 Å². The fourth-order valence-electron chi connectivity index (χ4n) is 8.85. The van der Waals surface area contributed by atoms with Crippen LogP contribution in [0.5, 0.6) is 0 Å². The largest absolute Gasteiger partial charge is 1.00 e. The number of nitrogens with zero attached hydrogens (tertiary/aromatic N) is 3. The Balaban J connectivity index is 0.000000281. The van der Waals surface area contributed by atoms with E-state index in [2.05, 4.69) is 141 Å². The van der Waals surface area contributed by atoms with E-state index < -0.39 is 18.0 Å². The molecule has 0 saturated carbocycles. The smallest absolute Gasteiger partial charge is 1.00 e. The van der Waals surface area contributed by atoms with Crippen LogP contribution in [-0.2, 0) is 39.9 Å². The molecular formula is C57H64BrLiN5O9S5-. The normalized spacial score (nSPS) is 12.9. The predicted molar refractivity (Wildman–Crippen MR) is 311 cm³/mol. The van der Waals surface area contributed by atoms with Gasteiger partial charge in [-0.25, -0.2) is 10.6 Å². The first-order valence-corrected chi connectivity index (χ1v) is 30.5. The third-order valence-corrected chi connectivity index (χ3v) is 18.0. The van der Waals surface area contributed by atoms with Crippen molar-refractivity contribution in [1.82, 2.24) is 10.5 Å². The fraction of sp³-hybridized carbons (Fsp3) is 0.333. The Hall–Kier alpha value is -4.27. The van der Waals surface area contributed by atoms with E-state index in [4.69, 9.17) is 15.4 Å². The van der Waals surface area contributed by atoms with Crippen molar-refractivity contribution >= 4 is 117 Å². The monoisotopic (exact) mass is 1210 g/mol. The van der Waals surface area contributed by atoms with E-state index >= 15 is 0 Å². The maximum absolute atomic E-state index is 12.0. The molecule has 1 saturated heterocycles. The summed E-state index contributed by atoms with van der Waals surface area (Å²) in [4.78, 5) is 56.1. The van der Waals surface area contributed by atoms with Crippen molar-refractivity contribution in [3.05, 3.63) is 164 Å². The number of benzene rings is 5. The summed E-state index contributed by atoms with van der Waals surface area (Å²) < 4.78 is 12.1. The molecule has 0 bridgehead atoms. The number of hydrogen-bond acceptors (Lipinski definition) is 17. The summed E-state index contributed by atoms with van der Waals surface area (Å²) in [5.41, 5.74) is 15.5. The molecule has 21 heteroatoms. The van der Waals surface area contributed by atoms with Crippen LogP contribution in [0, 0.1) is 0 Å². The molecular weight excluding hydrogens is 1150 g/mol. The second-order valence-electron chi connectivity index (χ2n) is 17.5. The molecule has 5 aromatic rings. The number of hydrogen-bond donors (Lipinski definition) is 2. The zero-order chi connectivity index (χ0) is 53.5. The Kier molecular flexibility index (Phi) is 28.8. The molecule has 0 radical (unpaired) electrons. The number of ether oxygens (including phenoxy) is 1. The van der Waals surface area contributed by atoms with Crippen LogP contribution in [0.4, 0.5) is 27.5 Å². The number of unbranched alkanes of at least 4 members (excludes halogenated alkanes) is 3. The molecule has 3 aliphatic heterocycles. The number of nitrogens with two attached hydrogens (primary N) is 1. The van der Waals surface area contributed by atoms with Gasteiger partial charge in [0.1, 0.15) is 0 Å². The summed E-state index contributed by atoms with van der Waals surface area (Å²) in [6.07, 6.45) is 8.27. The third kappa shape index (κ3) is 17.9. The van der Waals surface area contributed by atoms with E-state index in [1.807, 2.05) is 47.8 Å². The van der Waals surface area contributed by atoms with Gasteiger partial charge in [-0.3, -0.25) is 29.7 Å². The van der Waals surface area contributed by atoms with Crippen molar-refractivity contribution in [3.8, 4) is 0 Å². The predicted octanol–water partition coefficient (Wildman–Crippen LogP) is 6.70. The minimum absolute atomic E-state index is 0. The molecule has 0 spiro atoms. The summed E-state index contributed by atoms with van der Waals surface area (Å²) in [5.74, 6) is 7.69. The third-order valence-electron chi connectivity index (χ3n) is 12.4. The number of halogens is 1. The van der Waals surface area contributed by atoms with Crippen LogP contribution in [0.1, 0.15) is 98.9 Å². The summed E-state index contributed by atoms with van der Waals surface area (Å²) >= 11 is 8.43. The quantitative estimate of drug-likeness (QED) is 0.00688. The van der Waals surface area contributed by atoms with Crippen molar-refractivity contribution in [2.45, 2.75) is 77.7 Å². The van der Waals surface area contributed by atoms with Gasteiger partial charge >= 0.3 is 25.0 Å². The standard InChI is InChI=1S/C31H37N3OS2.C26H28N2O8S3.BrH.Li/c1-2-3-21-36-31(37-22-13-5-8-20-29(35)33-32)30-25-16-9-11-18-27(25)34(23-24-14-6-4-7-15-24)28-19-12-10-17-26(28)30;1-37-25(38-16-7-17-39-36-35-32)24-18-8-2-4-10-20(18)27(21-11-5-3-9-19(21)24)14-6-15-33-26(31)34-28-22(29)12-13-23(28)30;;/h4,6-7,9-12,14-19H,2-3,5,8,13,20-23,32H2,1H3,(H,33,35);2-5,8-11,32H,6-7,12-17H2,1H3;1H;/q;;;+1/p-2. The van der Waals surface area contributed by atoms with Crippen molar-refractivity contribution < 1.29 is 79.2 Å². The first-order valence-electron chi connectivity index (χ1n) is 25.4. The van der Waals surface area contributed by atoms with Crippen LogP contribution in [0.25, 0.3) is 11.1 Å². The molecule has 0 unspecified atom stereocenters. The molecule has 0 aromatic heterocycles. The van der Waals surface area contributed by atoms with Gasteiger partial charge in [-0.05, 0) is 85.4 Å². The number of hydrazine groups is 1. The van der Waals surface area contributed by atoms with Crippen molar-refractivity contribution in [3.63, 3.8) is 0 Å². The van der Waals surface area contributed by atoms with Gasteiger partial charge in [-0.2, -0.15) is 4.33 Å². The fourth-order valence-corrected chi connectivity index (χ4v) is 14.1. The number of rotatable bonds is 26. The Morgan fingerprint density at radius 2 is 1.13 bits per heavy atom. The summed E-state index contributed by atoms with van der Waals surface area (Å²) in [5, 5.41) is 13.8.